The largest absolute Gasteiger partial charge is 0.378 e. The first-order chi connectivity index (χ1) is 11.6. The van der Waals surface area contributed by atoms with Crippen molar-refractivity contribution in [1.82, 2.24) is 10.2 Å². The van der Waals surface area contributed by atoms with Gasteiger partial charge in [-0.2, -0.15) is 0 Å². The van der Waals surface area contributed by atoms with Gasteiger partial charge in [0.2, 0.25) is 5.91 Å². The van der Waals surface area contributed by atoms with Crippen LogP contribution in [0.15, 0.2) is 24.3 Å². The first-order valence-electron chi connectivity index (χ1n) is 9.03. The number of benzene rings is 1. The number of anilines is 1. The van der Waals surface area contributed by atoms with Crippen LogP contribution in [0.1, 0.15) is 37.3 Å². The highest BCUT2D eigenvalue weighted by Gasteiger charge is 2.28. The molecule has 0 unspecified atom stereocenters. The number of likely N-dealkylation sites (tertiary alicyclic amines) is 1. The lowest BCUT2D eigenvalue weighted by molar-refractivity contribution is -0.123. The van der Waals surface area contributed by atoms with Crippen molar-refractivity contribution in [2.24, 2.45) is 0 Å². The molecule has 2 aliphatic heterocycles. The summed E-state index contributed by atoms with van der Waals surface area (Å²) in [6, 6.07) is 9.00. The van der Waals surface area contributed by atoms with Crippen LogP contribution in [0.4, 0.5) is 5.69 Å². The molecule has 1 N–H and O–H groups in total. The molecule has 24 heavy (non-hydrogen) atoms. The number of hydrogen-bond acceptors (Lipinski definition) is 4. The van der Waals surface area contributed by atoms with Crippen molar-refractivity contribution in [3.05, 3.63) is 29.8 Å². The first-order valence-corrected chi connectivity index (χ1v) is 9.03. The van der Waals surface area contributed by atoms with Crippen molar-refractivity contribution in [3.63, 3.8) is 0 Å². The van der Waals surface area contributed by atoms with E-state index in [4.69, 9.17) is 4.74 Å². The molecule has 2 saturated heterocycles. The number of nitrogens with zero attached hydrogens (tertiary/aromatic N) is 2. The van der Waals surface area contributed by atoms with Gasteiger partial charge in [-0.05, 0) is 49.9 Å². The normalized spacial score (nSPS) is 24.2. The molecular formula is C19H29N3O2. The fourth-order valence-corrected chi connectivity index (χ4v) is 3.68. The predicted octanol–water partition coefficient (Wildman–Crippen LogP) is 2.18. The Labute approximate surface area is 145 Å². The summed E-state index contributed by atoms with van der Waals surface area (Å²) in [6.07, 6.45) is 4.65. The molecule has 3 rings (SSSR count). The van der Waals surface area contributed by atoms with Gasteiger partial charge in [0, 0.05) is 39.0 Å². The van der Waals surface area contributed by atoms with Gasteiger partial charge in [-0.3, -0.25) is 9.69 Å². The summed E-state index contributed by atoms with van der Waals surface area (Å²) in [7, 11) is 4.12. The lowest BCUT2D eigenvalue weighted by atomic mass is 10.0. The monoisotopic (exact) mass is 331 g/mol. The van der Waals surface area contributed by atoms with Crippen LogP contribution < -0.4 is 10.2 Å². The Morgan fingerprint density at radius 1 is 1.33 bits per heavy atom. The topological polar surface area (TPSA) is 44.8 Å². The summed E-state index contributed by atoms with van der Waals surface area (Å²) in [6.45, 7) is 2.94. The number of ether oxygens (including phenoxy) is 1. The molecule has 0 bridgehead atoms. The Morgan fingerprint density at radius 2 is 2.21 bits per heavy atom. The predicted molar refractivity (Wildman–Crippen MR) is 96.3 cm³/mol. The van der Waals surface area contributed by atoms with Gasteiger partial charge in [-0.25, -0.2) is 0 Å². The van der Waals surface area contributed by atoms with Gasteiger partial charge >= 0.3 is 0 Å². The molecule has 0 saturated carbocycles. The third kappa shape index (κ3) is 4.28. The van der Waals surface area contributed by atoms with Crippen molar-refractivity contribution in [2.45, 2.75) is 37.8 Å². The Hall–Kier alpha value is -1.59. The molecule has 0 spiro atoms. The lowest BCUT2D eigenvalue weighted by Gasteiger charge is -2.25. The SMILES string of the molecule is CN(C)c1cccc([C@H]2CCCN2CC(=O)NC[C@H]2CCCO2)c1. The van der Waals surface area contributed by atoms with Crippen LogP contribution in [-0.2, 0) is 9.53 Å². The minimum absolute atomic E-state index is 0.112. The minimum Gasteiger partial charge on any atom is -0.378 e. The van der Waals surface area contributed by atoms with Gasteiger partial charge in [0.25, 0.3) is 0 Å². The van der Waals surface area contributed by atoms with E-state index in [9.17, 15) is 4.79 Å². The zero-order valence-corrected chi connectivity index (χ0v) is 14.8. The second kappa shape index (κ2) is 7.99. The van der Waals surface area contributed by atoms with Crippen molar-refractivity contribution in [3.8, 4) is 0 Å². The maximum atomic E-state index is 12.3. The number of nitrogens with one attached hydrogen (secondary N) is 1. The second-order valence-corrected chi connectivity index (χ2v) is 7.06. The van der Waals surface area contributed by atoms with Crippen LogP contribution in [0.3, 0.4) is 0 Å². The van der Waals surface area contributed by atoms with Crippen LogP contribution in [0.2, 0.25) is 0 Å². The van der Waals surface area contributed by atoms with E-state index in [0.29, 0.717) is 19.1 Å². The number of carbonyl (C=O) groups is 1. The Kier molecular flexibility index (Phi) is 5.74. The number of rotatable bonds is 6. The molecule has 1 aromatic rings. The van der Waals surface area contributed by atoms with Crippen molar-refractivity contribution < 1.29 is 9.53 Å². The Morgan fingerprint density at radius 3 is 2.96 bits per heavy atom. The van der Waals surface area contributed by atoms with Crippen molar-refractivity contribution >= 4 is 11.6 Å². The van der Waals surface area contributed by atoms with E-state index < -0.39 is 0 Å². The Bertz CT molecular complexity index is 555. The summed E-state index contributed by atoms with van der Waals surface area (Å²) in [5, 5.41) is 3.04. The van der Waals surface area contributed by atoms with Crippen LogP contribution in [0.5, 0.6) is 0 Å². The van der Waals surface area contributed by atoms with E-state index in [0.717, 1.165) is 38.8 Å². The van der Waals surface area contributed by atoms with Crippen LogP contribution in [-0.4, -0.2) is 57.2 Å². The number of carbonyl (C=O) groups excluding carboxylic acids is 1. The molecular weight excluding hydrogens is 302 g/mol. The molecule has 0 aliphatic carbocycles. The highest BCUT2D eigenvalue weighted by Crippen LogP contribution is 2.33. The molecule has 2 aliphatic rings. The number of amides is 1. The van der Waals surface area contributed by atoms with Gasteiger partial charge in [0.15, 0.2) is 0 Å². The van der Waals surface area contributed by atoms with Gasteiger partial charge < -0.3 is 15.0 Å². The molecule has 0 radical (unpaired) electrons. The van der Waals surface area contributed by atoms with Gasteiger partial charge in [-0.1, -0.05) is 12.1 Å². The van der Waals surface area contributed by atoms with Crippen LogP contribution in [0, 0.1) is 0 Å². The average molecular weight is 331 g/mol. The summed E-state index contributed by atoms with van der Waals surface area (Å²) >= 11 is 0. The highest BCUT2D eigenvalue weighted by molar-refractivity contribution is 5.78. The smallest absolute Gasteiger partial charge is 0.234 e. The summed E-state index contributed by atoms with van der Waals surface area (Å²) in [4.78, 5) is 16.7. The van der Waals surface area contributed by atoms with Gasteiger partial charge in [-0.15, -0.1) is 0 Å². The highest BCUT2D eigenvalue weighted by atomic mass is 16.5. The second-order valence-electron chi connectivity index (χ2n) is 7.06. The molecule has 132 valence electrons. The maximum Gasteiger partial charge on any atom is 0.234 e. The van der Waals surface area contributed by atoms with Crippen molar-refractivity contribution in [2.75, 3.05) is 45.2 Å². The molecule has 5 heteroatoms. The van der Waals surface area contributed by atoms with Crippen molar-refractivity contribution in [1.29, 1.82) is 0 Å². The molecule has 2 heterocycles. The molecule has 2 atom stereocenters. The van der Waals surface area contributed by atoms with E-state index in [-0.39, 0.29) is 12.0 Å². The Balaban J connectivity index is 1.56. The third-order valence-corrected chi connectivity index (χ3v) is 5.03. The molecule has 2 fully saturated rings. The van der Waals surface area contributed by atoms with Crippen LogP contribution >= 0.6 is 0 Å². The molecule has 1 aromatic carbocycles. The lowest BCUT2D eigenvalue weighted by Crippen LogP contribution is -2.40. The molecule has 0 aromatic heterocycles. The summed E-state index contributed by atoms with van der Waals surface area (Å²) in [5.74, 6) is 0.112. The minimum atomic E-state index is 0.112. The third-order valence-electron chi connectivity index (χ3n) is 5.03. The quantitative estimate of drug-likeness (QED) is 0.868. The summed E-state index contributed by atoms with van der Waals surface area (Å²) in [5.41, 5.74) is 2.52. The molecule has 5 nitrogen and oxygen atoms in total. The van der Waals surface area contributed by atoms with E-state index >= 15 is 0 Å². The fourth-order valence-electron chi connectivity index (χ4n) is 3.68. The van der Waals surface area contributed by atoms with E-state index in [1.54, 1.807) is 0 Å². The zero-order valence-electron chi connectivity index (χ0n) is 14.8. The van der Waals surface area contributed by atoms with E-state index in [2.05, 4.69) is 53.5 Å². The fraction of sp³-hybridized carbons (Fsp3) is 0.632. The van der Waals surface area contributed by atoms with Crippen LogP contribution in [0.25, 0.3) is 0 Å². The summed E-state index contributed by atoms with van der Waals surface area (Å²) < 4.78 is 5.57. The maximum absolute atomic E-state index is 12.3. The van der Waals surface area contributed by atoms with Gasteiger partial charge in [0.05, 0.1) is 12.6 Å². The molecule has 1 amide bonds. The van der Waals surface area contributed by atoms with E-state index in [1.165, 1.54) is 11.3 Å². The first kappa shape index (κ1) is 17.2. The standard InChI is InChI=1S/C19H29N3O2/c1-21(2)16-7-3-6-15(12-16)18-9-4-10-22(18)14-19(23)20-13-17-8-5-11-24-17/h3,6-7,12,17-18H,4-5,8-11,13-14H2,1-2H3,(H,20,23)/t17-,18-/m1/s1. The van der Waals surface area contributed by atoms with E-state index in [1.807, 2.05) is 0 Å². The van der Waals surface area contributed by atoms with Gasteiger partial charge in [0.1, 0.15) is 0 Å². The average Bonchev–Trinajstić information content (AvgIpc) is 3.24. The number of hydrogen-bond donors (Lipinski definition) is 1. The zero-order chi connectivity index (χ0) is 16.9.